The van der Waals surface area contributed by atoms with Crippen LogP contribution in [0, 0.1) is 0 Å². The number of hydrogen-bond acceptors (Lipinski definition) is 4. The molecule has 2 saturated heterocycles. The van der Waals surface area contributed by atoms with E-state index in [1.165, 1.54) is 11.1 Å². The van der Waals surface area contributed by atoms with Gasteiger partial charge >= 0.3 is 11.8 Å². The molecule has 158 valence electrons. The van der Waals surface area contributed by atoms with E-state index in [1.54, 1.807) is 4.90 Å². The summed E-state index contributed by atoms with van der Waals surface area (Å²) < 4.78 is 5.51. The lowest BCUT2D eigenvalue weighted by Crippen LogP contribution is -2.53. The molecule has 6 nitrogen and oxygen atoms in total. The summed E-state index contributed by atoms with van der Waals surface area (Å²) in [5.74, 6) is -0.967. The van der Waals surface area contributed by atoms with Gasteiger partial charge in [0, 0.05) is 39.3 Å². The molecule has 0 radical (unpaired) electrons. The van der Waals surface area contributed by atoms with Gasteiger partial charge in [0.25, 0.3) is 0 Å². The van der Waals surface area contributed by atoms with E-state index in [0.717, 1.165) is 32.5 Å². The lowest BCUT2D eigenvalue weighted by molar-refractivity contribution is -0.147. The zero-order valence-electron chi connectivity index (χ0n) is 17.2. The van der Waals surface area contributed by atoms with Crippen molar-refractivity contribution in [3.05, 3.63) is 71.8 Å². The van der Waals surface area contributed by atoms with Gasteiger partial charge in [0.15, 0.2) is 0 Å². The summed E-state index contributed by atoms with van der Waals surface area (Å²) in [5.41, 5.74) is 2.47. The molecule has 30 heavy (non-hydrogen) atoms. The number of nitrogens with zero attached hydrogens (tertiary/aromatic N) is 2. The standard InChI is InChI=1S/C24H29N3O3/c28-23(25-18-21-12-7-17-30-21)24(29)27-15-13-26(14-16-27)22(19-8-3-1-4-9-19)20-10-5-2-6-11-20/h1-6,8-11,21-22H,7,12-18H2,(H,25,28). The first-order valence-corrected chi connectivity index (χ1v) is 10.7. The molecule has 0 aromatic heterocycles. The lowest BCUT2D eigenvalue weighted by Gasteiger charge is -2.39. The summed E-state index contributed by atoms with van der Waals surface area (Å²) in [7, 11) is 0. The van der Waals surface area contributed by atoms with E-state index in [9.17, 15) is 9.59 Å². The number of nitrogens with one attached hydrogen (secondary N) is 1. The Balaban J connectivity index is 1.37. The highest BCUT2D eigenvalue weighted by Crippen LogP contribution is 2.29. The van der Waals surface area contributed by atoms with Crippen LogP contribution in [0.1, 0.15) is 30.0 Å². The molecule has 2 amide bonds. The Kier molecular flexibility index (Phi) is 6.77. The largest absolute Gasteiger partial charge is 0.376 e. The Morgan fingerprint density at radius 3 is 2.07 bits per heavy atom. The highest BCUT2D eigenvalue weighted by Gasteiger charge is 2.30. The van der Waals surface area contributed by atoms with Crippen molar-refractivity contribution in [3.63, 3.8) is 0 Å². The third-order valence-corrected chi connectivity index (χ3v) is 5.91. The minimum atomic E-state index is -0.526. The Bertz CT molecular complexity index is 790. The molecule has 0 bridgehead atoms. The van der Waals surface area contributed by atoms with Crippen molar-refractivity contribution in [3.8, 4) is 0 Å². The van der Waals surface area contributed by atoms with Crippen LogP contribution in [0.15, 0.2) is 60.7 Å². The summed E-state index contributed by atoms with van der Waals surface area (Å²) in [4.78, 5) is 28.9. The van der Waals surface area contributed by atoms with Crippen LogP contribution in [-0.4, -0.2) is 67.0 Å². The number of benzene rings is 2. The average Bonchev–Trinajstić information content (AvgIpc) is 3.33. The second kappa shape index (κ2) is 9.87. The summed E-state index contributed by atoms with van der Waals surface area (Å²) >= 11 is 0. The molecule has 2 aliphatic heterocycles. The van der Waals surface area contributed by atoms with Crippen LogP contribution in [0.2, 0.25) is 0 Å². The number of amides is 2. The molecular weight excluding hydrogens is 378 g/mol. The maximum atomic E-state index is 12.6. The third-order valence-electron chi connectivity index (χ3n) is 5.91. The van der Waals surface area contributed by atoms with Crippen molar-refractivity contribution < 1.29 is 14.3 Å². The van der Waals surface area contributed by atoms with E-state index in [0.29, 0.717) is 19.6 Å². The third kappa shape index (κ3) is 4.89. The summed E-state index contributed by atoms with van der Waals surface area (Å²) in [6.45, 7) is 3.68. The number of carbonyl (C=O) groups is 2. The smallest absolute Gasteiger partial charge is 0.311 e. The normalized spacial score (nSPS) is 19.8. The summed E-state index contributed by atoms with van der Waals surface area (Å²) in [6, 6.07) is 21.0. The first-order valence-electron chi connectivity index (χ1n) is 10.7. The molecule has 0 aliphatic carbocycles. The maximum Gasteiger partial charge on any atom is 0.311 e. The fourth-order valence-electron chi connectivity index (χ4n) is 4.30. The minimum absolute atomic E-state index is 0.0381. The van der Waals surface area contributed by atoms with E-state index < -0.39 is 11.8 Å². The molecule has 1 N–H and O–H groups in total. The first kappa shape index (κ1) is 20.6. The maximum absolute atomic E-state index is 12.6. The fraction of sp³-hybridized carbons (Fsp3) is 0.417. The lowest BCUT2D eigenvalue weighted by atomic mass is 9.96. The monoisotopic (exact) mass is 407 g/mol. The van der Waals surface area contributed by atoms with Gasteiger partial charge in [-0.05, 0) is 24.0 Å². The molecule has 2 aliphatic rings. The number of piperazine rings is 1. The summed E-state index contributed by atoms with van der Waals surface area (Å²) in [6.07, 6.45) is 1.99. The van der Waals surface area contributed by atoms with E-state index in [-0.39, 0.29) is 12.1 Å². The SMILES string of the molecule is O=C(NCC1CCCO1)C(=O)N1CCN(C(c2ccccc2)c2ccccc2)CC1. The zero-order valence-corrected chi connectivity index (χ0v) is 17.2. The van der Waals surface area contributed by atoms with E-state index >= 15 is 0 Å². The van der Waals surface area contributed by atoms with Gasteiger partial charge in [-0.1, -0.05) is 60.7 Å². The van der Waals surface area contributed by atoms with Gasteiger partial charge in [0.2, 0.25) is 0 Å². The molecule has 4 rings (SSSR count). The van der Waals surface area contributed by atoms with Crippen LogP contribution in [0.4, 0.5) is 0 Å². The molecule has 2 fully saturated rings. The Labute approximate surface area is 177 Å². The van der Waals surface area contributed by atoms with E-state index in [4.69, 9.17) is 4.74 Å². The van der Waals surface area contributed by atoms with Crippen LogP contribution in [0.5, 0.6) is 0 Å². The van der Waals surface area contributed by atoms with Crippen molar-refractivity contribution >= 4 is 11.8 Å². The fourth-order valence-corrected chi connectivity index (χ4v) is 4.30. The van der Waals surface area contributed by atoms with Gasteiger partial charge in [0.05, 0.1) is 12.1 Å². The highest BCUT2D eigenvalue weighted by atomic mass is 16.5. The quantitative estimate of drug-likeness (QED) is 0.772. The second-order valence-electron chi connectivity index (χ2n) is 7.90. The Hall–Kier alpha value is -2.70. The molecule has 0 saturated carbocycles. The van der Waals surface area contributed by atoms with Crippen molar-refractivity contribution in [1.82, 2.24) is 15.1 Å². The predicted molar refractivity (Wildman–Crippen MR) is 115 cm³/mol. The average molecular weight is 408 g/mol. The topological polar surface area (TPSA) is 61.9 Å². The van der Waals surface area contributed by atoms with Gasteiger partial charge in [-0.15, -0.1) is 0 Å². The van der Waals surface area contributed by atoms with Gasteiger partial charge < -0.3 is 15.0 Å². The van der Waals surface area contributed by atoms with Crippen molar-refractivity contribution in [2.24, 2.45) is 0 Å². The molecule has 6 heteroatoms. The molecule has 0 spiro atoms. The summed E-state index contributed by atoms with van der Waals surface area (Å²) in [5, 5.41) is 2.74. The predicted octanol–water partition coefficient (Wildman–Crippen LogP) is 2.22. The molecule has 1 unspecified atom stereocenters. The van der Waals surface area contributed by atoms with E-state index in [1.807, 2.05) is 12.1 Å². The molecule has 2 heterocycles. The van der Waals surface area contributed by atoms with Crippen LogP contribution in [0.25, 0.3) is 0 Å². The second-order valence-corrected chi connectivity index (χ2v) is 7.90. The molecular formula is C24H29N3O3. The Morgan fingerprint density at radius 2 is 1.53 bits per heavy atom. The van der Waals surface area contributed by atoms with Gasteiger partial charge in [-0.2, -0.15) is 0 Å². The van der Waals surface area contributed by atoms with Crippen LogP contribution < -0.4 is 5.32 Å². The Morgan fingerprint density at radius 1 is 0.933 bits per heavy atom. The minimum Gasteiger partial charge on any atom is -0.376 e. The van der Waals surface area contributed by atoms with E-state index in [2.05, 4.69) is 58.7 Å². The number of carbonyl (C=O) groups excluding carboxylic acids is 2. The van der Waals surface area contributed by atoms with Crippen LogP contribution >= 0.6 is 0 Å². The van der Waals surface area contributed by atoms with Crippen LogP contribution in [-0.2, 0) is 14.3 Å². The highest BCUT2D eigenvalue weighted by molar-refractivity contribution is 6.35. The number of ether oxygens (including phenoxy) is 1. The van der Waals surface area contributed by atoms with Crippen molar-refractivity contribution in [2.75, 3.05) is 39.3 Å². The molecule has 1 atom stereocenters. The first-order chi connectivity index (χ1) is 14.7. The van der Waals surface area contributed by atoms with Gasteiger partial charge in [-0.25, -0.2) is 0 Å². The van der Waals surface area contributed by atoms with Gasteiger partial charge in [-0.3, -0.25) is 14.5 Å². The van der Waals surface area contributed by atoms with Crippen LogP contribution in [0.3, 0.4) is 0 Å². The van der Waals surface area contributed by atoms with Crippen molar-refractivity contribution in [2.45, 2.75) is 25.0 Å². The number of hydrogen-bond donors (Lipinski definition) is 1. The number of rotatable bonds is 5. The molecule has 2 aromatic rings. The van der Waals surface area contributed by atoms with Gasteiger partial charge in [0.1, 0.15) is 0 Å². The zero-order chi connectivity index (χ0) is 20.8. The molecule has 2 aromatic carbocycles. The van der Waals surface area contributed by atoms with Crippen molar-refractivity contribution in [1.29, 1.82) is 0 Å².